The third kappa shape index (κ3) is 4.17. The number of halogens is 2. The third-order valence-corrected chi connectivity index (χ3v) is 2.46. The smallest absolute Gasteiger partial charge is 0.225 e. The maximum absolute atomic E-state index is 12.9. The topological polar surface area (TPSA) is 29.1 Å². The minimum Gasteiger partial charge on any atom is -0.342 e. The highest BCUT2D eigenvalue weighted by molar-refractivity contribution is 5.79. The van der Waals surface area contributed by atoms with Crippen LogP contribution in [0.25, 0.3) is 0 Å². The van der Waals surface area contributed by atoms with Crippen LogP contribution in [0.3, 0.4) is 0 Å². The zero-order valence-corrected chi connectivity index (χ0v) is 10.2. The molecular weight excluding hydrogens is 236 g/mol. The molecule has 0 heterocycles. The Morgan fingerprint density at radius 2 is 2.17 bits per heavy atom. The van der Waals surface area contributed by atoms with Crippen molar-refractivity contribution < 1.29 is 13.6 Å². The Kier molecular flexibility index (Phi) is 5.31. The summed E-state index contributed by atoms with van der Waals surface area (Å²) >= 11 is 0. The van der Waals surface area contributed by atoms with Gasteiger partial charge in [-0.2, -0.15) is 0 Å². The fourth-order valence-corrected chi connectivity index (χ4v) is 1.57. The first-order chi connectivity index (χ1) is 8.56. The van der Waals surface area contributed by atoms with Gasteiger partial charge in [-0.25, -0.2) is 8.78 Å². The van der Waals surface area contributed by atoms with Crippen molar-refractivity contribution in [1.82, 2.24) is 5.32 Å². The van der Waals surface area contributed by atoms with E-state index in [2.05, 4.69) is 11.2 Å². The number of carbonyl (C=O) groups excluding carboxylic acids is 1. The molecule has 0 aliphatic heterocycles. The molecule has 1 aromatic carbocycles. The number of nitrogens with one attached hydrogen (secondary N) is 1. The molecule has 96 valence electrons. The molecule has 2 nitrogen and oxygen atoms in total. The van der Waals surface area contributed by atoms with Crippen LogP contribution in [-0.2, 0) is 11.2 Å². The second-order valence-corrected chi connectivity index (χ2v) is 4.00. The molecule has 1 rings (SSSR count). The lowest BCUT2D eigenvalue weighted by molar-refractivity contribution is -0.120. The molecule has 0 spiro atoms. The zero-order chi connectivity index (χ0) is 13.5. The van der Waals surface area contributed by atoms with Gasteiger partial charge in [-0.3, -0.25) is 4.79 Å². The Hall–Kier alpha value is -1.89. The second kappa shape index (κ2) is 6.75. The van der Waals surface area contributed by atoms with Crippen LogP contribution in [0.1, 0.15) is 25.3 Å². The predicted molar refractivity (Wildman–Crippen MR) is 65.7 cm³/mol. The van der Waals surface area contributed by atoms with Crippen molar-refractivity contribution in [3.05, 3.63) is 35.4 Å². The molecular formula is C14H15F2NO. The summed E-state index contributed by atoms with van der Waals surface area (Å²) in [6, 6.07) is 3.08. The van der Waals surface area contributed by atoms with Crippen LogP contribution in [0.5, 0.6) is 0 Å². The third-order valence-electron chi connectivity index (χ3n) is 2.46. The summed E-state index contributed by atoms with van der Waals surface area (Å²) in [7, 11) is 0. The highest BCUT2D eigenvalue weighted by atomic mass is 19.2. The van der Waals surface area contributed by atoms with Crippen molar-refractivity contribution in [2.24, 2.45) is 0 Å². The molecule has 0 aliphatic carbocycles. The summed E-state index contributed by atoms with van der Waals surface area (Å²) in [6.45, 7) is 1.96. The molecule has 1 unspecified atom stereocenters. The highest BCUT2D eigenvalue weighted by Crippen LogP contribution is 2.09. The number of hydrogen-bond acceptors (Lipinski definition) is 1. The van der Waals surface area contributed by atoms with Gasteiger partial charge in [-0.1, -0.05) is 25.3 Å². The molecule has 18 heavy (non-hydrogen) atoms. The molecule has 1 amide bonds. The van der Waals surface area contributed by atoms with Crippen LogP contribution in [0, 0.1) is 24.0 Å². The number of amides is 1. The van der Waals surface area contributed by atoms with Crippen molar-refractivity contribution in [1.29, 1.82) is 0 Å². The molecule has 0 fully saturated rings. The number of terminal acetylenes is 1. The van der Waals surface area contributed by atoms with Crippen LogP contribution in [0.15, 0.2) is 18.2 Å². The fourth-order valence-electron chi connectivity index (χ4n) is 1.57. The fraction of sp³-hybridized carbons (Fsp3) is 0.357. The Balaban J connectivity index is 2.59. The summed E-state index contributed by atoms with van der Waals surface area (Å²) < 4.78 is 25.6. The Morgan fingerprint density at radius 3 is 2.72 bits per heavy atom. The normalized spacial score (nSPS) is 11.7. The molecule has 0 aliphatic rings. The highest BCUT2D eigenvalue weighted by Gasteiger charge is 2.10. The molecule has 1 atom stereocenters. The molecule has 1 N–H and O–H groups in total. The number of carbonyl (C=O) groups is 1. The lowest BCUT2D eigenvalue weighted by atomic mass is 10.1. The van der Waals surface area contributed by atoms with E-state index in [1.54, 1.807) is 0 Å². The molecule has 4 heteroatoms. The van der Waals surface area contributed by atoms with Crippen molar-refractivity contribution >= 4 is 5.91 Å². The van der Waals surface area contributed by atoms with E-state index in [1.807, 2.05) is 6.92 Å². The van der Waals surface area contributed by atoms with Crippen molar-refractivity contribution in [2.45, 2.75) is 32.2 Å². The molecule has 0 radical (unpaired) electrons. The van der Waals surface area contributed by atoms with Gasteiger partial charge >= 0.3 is 0 Å². The first kappa shape index (κ1) is 14.2. The van der Waals surface area contributed by atoms with E-state index in [4.69, 9.17) is 6.42 Å². The predicted octanol–water partition coefficient (Wildman–Crippen LogP) is 2.43. The molecule has 0 aromatic heterocycles. The Bertz CT molecular complexity index is 465. The van der Waals surface area contributed by atoms with Crippen LogP contribution in [-0.4, -0.2) is 11.9 Å². The largest absolute Gasteiger partial charge is 0.342 e. The van der Waals surface area contributed by atoms with Gasteiger partial charge in [0.1, 0.15) is 0 Å². The van der Waals surface area contributed by atoms with E-state index in [9.17, 15) is 13.6 Å². The van der Waals surface area contributed by atoms with E-state index in [-0.39, 0.29) is 18.4 Å². The minimum absolute atomic E-state index is 0.0148. The van der Waals surface area contributed by atoms with Gasteiger partial charge in [0.05, 0.1) is 12.5 Å². The van der Waals surface area contributed by atoms with Crippen LogP contribution in [0.4, 0.5) is 8.78 Å². The lowest BCUT2D eigenvalue weighted by Gasteiger charge is -2.11. The van der Waals surface area contributed by atoms with Gasteiger partial charge in [0.25, 0.3) is 0 Å². The maximum atomic E-state index is 12.9. The van der Waals surface area contributed by atoms with E-state index in [0.29, 0.717) is 12.0 Å². The summed E-state index contributed by atoms with van der Waals surface area (Å²) in [4.78, 5) is 11.6. The molecule has 1 aromatic rings. The average molecular weight is 251 g/mol. The number of benzene rings is 1. The van der Waals surface area contributed by atoms with Crippen molar-refractivity contribution in [3.63, 3.8) is 0 Å². The van der Waals surface area contributed by atoms with Gasteiger partial charge in [-0.05, 0) is 24.1 Å². The van der Waals surface area contributed by atoms with E-state index in [1.165, 1.54) is 6.07 Å². The van der Waals surface area contributed by atoms with E-state index in [0.717, 1.165) is 18.6 Å². The summed E-state index contributed by atoms with van der Waals surface area (Å²) in [5.74, 6) is 0.300. The van der Waals surface area contributed by atoms with Gasteiger partial charge in [0, 0.05) is 0 Å². The lowest BCUT2D eigenvalue weighted by Crippen LogP contribution is -2.34. The first-order valence-corrected chi connectivity index (χ1v) is 5.76. The van der Waals surface area contributed by atoms with E-state index >= 15 is 0 Å². The second-order valence-electron chi connectivity index (χ2n) is 4.00. The number of hydrogen-bond donors (Lipinski definition) is 1. The van der Waals surface area contributed by atoms with Crippen molar-refractivity contribution in [3.8, 4) is 12.3 Å². The summed E-state index contributed by atoms with van der Waals surface area (Å²) in [6.07, 6.45) is 6.81. The monoisotopic (exact) mass is 251 g/mol. The zero-order valence-electron chi connectivity index (χ0n) is 10.2. The van der Waals surface area contributed by atoms with Crippen LogP contribution < -0.4 is 5.32 Å². The SMILES string of the molecule is C#CC(CCC)NC(=O)Cc1ccc(F)c(F)c1. The molecule has 0 saturated heterocycles. The molecule has 0 saturated carbocycles. The van der Waals surface area contributed by atoms with Gasteiger partial charge in [-0.15, -0.1) is 6.42 Å². The minimum atomic E-state index is -0.956. The number of rotatable bonds is 5. The van der Waals surface area contributed by atoms with Gasteiger partial charge in [0.15, 0.2) is 11.6 Å². The first-order valence-electron chi connectivity index (χ1n) is 5.76. The quantitative estimate of drug-likeness (QED) is 0.800. The van der Waals surface area contributed by atoms with E-state index < -0.39 is 11.6 Å². The Labute approximate surface area is 105 Å². The standard InChI is InChI=1S/C14H15F2NO/c1-3-5-11(4-2)17-14(18)9-10-6-7-12(15)13(16)8-10/h2,6-8,11H,3,5,9H2,1H3,(H,17,18). The summed E-state index contributed by atoms with van der Waals surface area (Å²) in [5, 5.41) is 2.66. The van der Waals surface area contributed by atoms with Gasteiger partial charge < -0.3 is 5.32 Å². The van der Waals surface area contributed by atoms with Gasteiger partial charge in [0.2, 0.25) is 5.91 Å². The van der Waals surface area contributed by atoms with Crippen LogP contribution >= 0.6 is 0 Å². The van der Waals surface area contributed by atoms with Crippen molar-refractivity contribution in [2.75, 3.05) is 0 Å². The Morgan fingerprint density at radius 1 is 1.44 bits per heavy atom. The summed E-state index contributed by atoms with van der Waals surface area (Å²) in [5.41, 5.74) is 0.415. The van der Waals surface area contributed by atoms with Crippen LogP contribution in [0.2, 0.25) is 0 Å². The average Bonchev–Trinajstić information content (AvgIpc) is 2.33. The molecule has 0 bridgehead atoms. The maximum Gasteiger partial charge on any atom is 0.225 e.